The van der Waals surface area contributed by atoms with Crippen LogP contribution in [0.2, 0.25) is 5.02 Å². The SMILES string of the molecule is CCCS(=O)(=O)N1CCC(NC(=O)Cn2cc(C(F)(F)F)cc(Cl)c2=O)CC1. The molecule has 1 fully saturated rings. The smallest absolute Gasteiger partial charge is 0.352 e. The van der Waals surface area contributed by atoms with Gasteiger partial charge in [-0.25, -0.2) is 12.7 Å². The average Bonchev–Trinajstić information content (AvgIpc) is 2.58. The molecule has 1 aromatic heterocycles. The van der Waals surface area contributed by atoms with Crippen LogP contribution in [-0.2, 0) is 27.5 Å². The van der Waals surface area contributed by atoms with Crippen LogP contribution in [0.4, 0.5) is 13.2 Å². The molecule has 1 aromatic rings. The van der Waals surface area contributed by atoms with Crippen molar-refractivity contribution in [3.05, 3.63) is 33.2 Å². The molecule has 1 aliphatic heterocycles. The van der Waals surface area contributed by atoms with Crippen LogP contribution >= 0.6 is 11.6 Å². The molecular weight excluding hydrogens is 423 g/mol. The van der Waals surface area contributed by atoms with Gasteiger partial charge in [-0.05, 0) is 25.3 Å². The zero-order valence-electron chi connectivity index (χ0n) is 15.1. The molecule has 7 nitrogen and oxygen atoms in total. The number of carbonyl (C=O) groups excluding carboxylic acids is 1. The third kappa shape index (κ3) is 5.71. The van der Waals surface area contributed by atoms with Gasteiger partial charge in [0.05, 0.1) is 11.3 Å². The minimum absolute atomic E-state index is 0.0588. The Morgan fingerprint density at radius 2 is 1.93 bits per heavy atom. The van der Waals surface area contributed by atoms with Crippen molar-refractivity contribution in [2.24, 2.45) is 0 Å². The van der Waals surface area contributed by atoms with E-state index in [1.54, 1.807) is 6.92 Å². The number of sulfonamides is 1. The van der Waals surface area contributed by atoms with Crippen LogP contribution in [0.25, 0.3) is 0 Å². The van der Waals surface area contributed by atoms with Crippen molar-refractivity contribution in [1.82, 2.24) is 14.2 Å². The van der Waals surface area contributed by atoms with Crippen molar-refractivity contribution < 1.29 is 26.4 Å². The topological polar surface area (TPSA) is 88.5 Å². The summed E-state index contributed by atoms with van der Waals surface area (Å²) in [6, 6.07) is 0.197. The summed E-state index contributed by atoms with van der Waals surface area (Å²) in [5.41, 5.74) is -2.02. The Bertz CT molecular complexity index is 878. The molecule has 1 saturated heterocycles. The van der Waals surface area contributed by atoms with Gasteiger partial charge < -0.3 is 9.88 Å². The zero-order chi connectivity index (χ0) is 21.1. The van der Waals surface area contributed by atoms with Crippen molar-refractivity contribution in [3.8, 4) is 0 Å². The minimum atomic E-state index is -4.70. The van der Waals surface area contributed by atoms with Crippen LogP contribution in [-0.4, -0.2) is 48.1 Å². The van der Waals surface area contributed by atoms with Gasteiger partial charge in [-0.3, -0.25) is 9.59 Å². The van der Waals surface area contributed by atoms with E-state index in [1.165, 1.54) is 4.31 Å². The summed E-state index contributed by atoms with van der Waals surface area (Å²) in [7, 11) is -3.31. The maximum absolute atomic E-state index is 12.8. The largest absolute Gasteiger partial charge is 0.417 e. The Labute approximate surface area is 165 Å². The summed E-state index contributed by atoms with van der Waals surface area (Å²) in [6.45, 7) is 1.66. The second-order valence-electron chi connectivity index (χ2n) is 6.56. The van der Waals surface area contributed by atoms with Gasteiger partial charge in [0.2, 0.25) is 15.9 Å². The monoisotopic (exact) mass is 443 g/mol. The predicted molar refractivity (Wildman–Crippen MR) is 97.5 cm³/mol. The van der Waals surface area contributed by atoms with Crippen molar-refractivity contribution in [3.63, 3.8) is 0 Å². The van der Waals surface area contributed by atoms with Crippen molar-refractivity contribution in [2.45, 2.75) is 44.9 Å². The van der Waals surface area contributed by atoms with Crippen LogP contribution in [0, 0.1) is 0 Å². The number of nitrogens with zero attached hydrogens (tertiary/aromatic N) is 2. The number of carbonyl (C=O) groups is 1. The molecule has 28 heavy (non-hydrogen) atoms. The van der Waals surface area contributed by atoms with Crippen LogP contribution in [0.15, 0.2) is 17.1 Å². The second kappa shape index (κ2) is 8.83. The molecule has 0 aliphatic carbocycles. The van der Waals surface area contributed by atoms with Gasteiger partial charge in [0.25, 0.3) is 5.56 Å². The van der Waals surface area contributed by atoms with Crippen molar-refractivity contribution in [2.75, 3.05) is 18.8 Å². The number of hydrogen-bond acceptors (Lipinski definition) is 4. The Hall–Kier alpha value is -1.59. The first kappa shape index (κ1) is 22.7. The summed E-state index contributed by atoms with van der Waals surface area (Å²) in [6.07, 6.45) is -2.88. The highest BCUT2D eigenvalue weighted by molar-refractivity contribution is 7.89. The summed E-state index contributed by atoms with van der Waals surface area (Å²) in [5, 5.41) is 2.00. The number of aromatic nitrogens is 1. The summed E-state index contributed by atoms with van der Waals surface area (Å²) < 4.78 is 64.6. The van der Waals surface area contributed by atoms with Gasteiger partial charge in [-0.2, -0.15) is 13.2 Å². The lowest BCUT2D eigenvalue weighted by atomic mass is 10.1. The molecule has 0 atom stereocenters. The highest BCUT2D eigenvalue weighted by atomic mass is 35.5. The van der Waals surface area contributed by atoms with E-state index in [0.29, 0.717) is 36.1 Å². The summed E-state index contributed by atoms with van der Waals surface area (Å²) >= 11 is 5.56. The van der Waals surface area contributed by atoms with Gasteiger partial charge >= 0.3 is 6.18 Å². The molecule has 1 aliphatic rings. The quantitative estimate of drug-likeness (QED) is 0.726. The fraction of sp³-hybridized carbons (Fsp3) is 0.625. The number of hydrogen-bond donors (Lipinski definition) is 1. The van der Waals surface area contributed by atoms with Gasteiger partial charge in [0, 0.05) is 25.3 Å². The van der Waals surface area contributed by atoms with Gasteiger partial charge in [-0.15, -0.1) is 0 Å². The summed E-state index contributed by atoms with van der Waals surface area (Å²) in [5.74, 6) is -0.587. The molecule has 0 radical (unpaired) electrons. The Morgan fingerprint density at radius 1 is 1.32 bits per heavy atom. The molecule has 2 heterocycles. The van der Waals surface area contributed by atoms with Crippen molar-refractivity contribution >= 4 is 27.5 Å². The van der Waals surface area contributed by atoms with Crippen LogP contribution in [0.3, 0.4) is 0 Å². The lowest BCUT2D eigenvalue weighted by Crippen LogP contribution is -2.48. The third-order valence-corrected chi connectivity index (χ3v) is 6.70. The second-order valence-corrected chi connectivity index (χ2v) is 9.06. The van der Waals surface area contributed by atoms with E-state index >= 15 is 0 Å². The van der Waals surface area contributed by atoms with E-state index in [4.69, 9.17) is 11.6 Å². The normalized spacial score (nSPS) is 16.9. The van der Waals surface area contributed by atoms with Crippen LogP contribution in [0.1, 0.15) is 31.7 Å². The van der Waals surface area contributed by atoms with E-state index < -0.39 is 44.8 Å². The van der Waals surface area contributed by atoms with E-state index in [9.17, 15) is 31.2 Å². The first-order chi connectivity index (χ1) is 12.9. The standard InChI is InChI=1S/C16H21ClF3N3O4S/c1-2-7-28(26,27)23-5-3-12(4-6-23)21-14(24)10-22-9-11(16(18,19)20)8-13(17)15(22)25/h8-9,12H,2-7,10H2,1H3,(H,21,24). The number of amides is 1. The van der Waals surface area contributed by atoms with E-state index in [-0.39, 0.29) is 24.9 Å². The molecule has 0 unspecified atom stereocenters. The number of nitrogens with one attached hydrogen (secondary N) is 1. The molecular formula is C16H21ClF3N3O4S. The predicted octanol–water partition coefficient (Wildman–Crippen LogP) is 1.84. The van der Waals surface area contributed by atoms with Gasteiger partial charge in [0.1, 0.15) is 11.6 Å². The number of rotatable bonds is 6. The van der Waals surface area contributed by atoms with Crippen LogP contribution < -0.4 is 10.9 Å². The fourth-order valence-corrected chi connectivity index (χ4v) is 4.73. The minimum Gasteiger partial charge on any atom is -0.352 e. The number of piperidine rings is 1. The highest BCUT2D eigenvalue weighted by Gasteiger charge is 2.32. The molecule has 2 rings (SSSR count). The Kier molecular flexibility index (Phi) is 7.16. The Balaban J connectivity index is 1.99. The molecule has 0 saturated carbocycles. The van der Waals surface area contributed by atoms with E-state index in [1.807, 2.05) is 0 Å². The molecule has 0 bridgehead atoms. The fourth-order valence-electron chi connectivity index (χ4n) is 2.97. The third-order valence-electron chi connectivity index (χ3n) is 4.36. The average molecular weight is 444 g/mol. The highest BCUT2D eigenvalue weighted by Crippen LogP contribution is 2.29. The van der Waals surface area contributed by atoms with Gasteiger partial charge in [-0.1, -0.05) is 18.5 Å². The number of pyridine rings is 1. The zero-order valence-corrected chi connectivity index (χ0v) is 16.7. The Morgan fingerprint density at radius 3 is 2.46 bits per heavy atom. The number of halogens is 4. The lowest BCUT2D eigenvalue weighted by Gasteiger charge is -2.31. The first-order valence-corrected chi connectivity index (χ1v) is 10.7. The lowest BCUT2D eigenvalue weighted by molar-refractivity contribution is -0.138. The van der Waals surface area contributed by atoms with Crippen LogP contribution in [0.5, 0.6) is 0 Å². The van der Waals surface area contributed by atoms with Gasteiger partial charge in [0.15, 0.2) is 0 Å². The van der Waals surface area contributed by atoms with E-state index in [2.05, 4.69) is 5.32 Å². The maximum Gasteiger partial charge on any atom is 0.417 e. The van der Waals surface area contributed by atoms with E-state index in [0.717, 1.165) is 0 Å². The maximum atomic E-state index is 12.8. The molecule has 0 aromatic carbocycles. The molecule has 1 N–H and O–H groups in total. The number of alkyl halides is 3. The molecule has 158 valence electrons. The van der Waals surface area contributed by atoms with Crippen molar-refractivity contribution in [1.29, 1.82) is 0 Å². The first-order valence-electron chi connectivity index (χ1n) is 8.68. The molecule has 1 amide bonds. The molecule has 12 heteroatoms. The molecule has 0 spiro atoms. The summed E-state index contributed by atoms with van der Waals surface area (Å²) in [4.78, 5) is 24.1.